The molecular formula is C11H18N2O2S. The molecule has 0 saturated heterocycles. The number of nitrogens with zero attached hydrogens (tertiary/aromatic N) is 1. The Morgan fingerprint density at radius 3 is 2.62 bits per heavy atom. The second kappa shape index (κ2) is 5.32. The van der Waals surface area contributed by atoms with Gasteiger partial charge in [-0.05, 0) is 31.7 Å². The lowest BCUT2D eigenvalue weighted by molar-refractivity contribution is 0.592. The molecule has 0 bridgehead atoms. The molecule has 4 nitrogen and oxygen atoms in total. The summed E-state index contributed by atoms with van der Waals surface area (Å²) in [4.78, 5) is 0. The van der Waals surface area contributed by atoms with Gasteiger partial charge in [-0.3, -0.25) is 4.31 Å². The van der Waals surface area contributed by atoms with E-state index in [1.807, 2.05) is 25.1 Å². The fourth-order valence-electron chi connectivity index (χ4n) is 1.35. The Balaban J connectivity index is 2.89. The van der Waals surface area contributed by atoms with E-state index in [-0.39, 0.29) is 5.75 Å². The summed E-state index contributed by atoms with van der Waals surface area (Å²) in [7, 11) is 0.1000. The molecule has 1 aromatic rings. The number of hydrogen-bond donors (Lipinski definition) is 1. The van der Waals surface area contributed by atoms with Crippen LogP contribution in [0, 0.1) is 6.92 Å². The van der Waals surface area contributed by atoms with Crippen LogP contribution in [0.25, 0.3) is 0 Å². The summed E-state index contributed by atoms with van der Waals surface area (Å²) in [6, 6.07) is 7.45. The lowest BCUT2D eigenvalue weighted by Gasteiger charge is -2.19. The fourth-order valence-corrected chi connectivity index (χ4v) is 2.52. The Labute approximate surface area is 97.3 Å². The van der Waals surface area contributed by atoms with Gasteiger partial charge in [0, 0.05) is 13.6 Å². The van der Waals surface area contributed by atoms with Crippen molar-refractivity contribution >= 4 is 15.7 Å². The van der Waals surface area contributed by atoms with Crippen LogP contribution in [0.2, 0.25) is 0 Å². The molecule has 0 atom stereocenters. The molecule has 16 heavy (non-hydrogen) atoms. The zero-order chi connectivity index (χ0) is 12.2. The molecule has 90 valence electrons. The average molecular weight is 242 g/mol. The van der Waals surface area contributed by atoms with Crippen molar-refractivity contribution in [2.45, 2.75) is 6.92 Å². The molecule has 0 radical (unpaired) electrons. The standard InChI is InChI=1S/C11H18N2O2S/c1-10-5-4-6-11(9-10)13(3)16(14,15)8-7-12-2/h4-6,9,12H,7-8H2,1-3H3. The number of sulfonamides is 1. The van der Waals surface area contributed by atoms with Crippen molar-refractivity contribution in [3.63, 3.8) is 0 Å². The Hall–Kier alpha value is -1.07. The van der Waals surface area contributed by atoms with E-state index < -0.39 is 10.0 Å². The van der Waals surface area contributed by atoms with Gasteiger partial charge in [-0.25, -0.2) is 8.42 Å². The third kappa shape index (κ3) is 3.21. The highest BCUT2D eigenvalue weighted by Gasteiger charge is 2.17. The quantitative estimate of drug-likeness (QED) is 0.837. The van der Waals surface area contributed by atoms with Crippen LogP contribution in [0.15, 0.2) is 24.3 Å². The van der Waals surface area contributed by atoms with Gasteiger partial charge in [0.2, 0.25) is 10.0 Å². The smallest absolute Gasteiger partial charge is 0.236 e. The highest BCUT2D eigenvalue weighted by atomic mass is 32.2. The number of anilines is 1. The highest BCUT2D eigenvalue weighted by molar-refractivity contribution is 7.92. The molecule has 5 heteroatoms. The summed E-state index contributed by atoms with van der Waals surface area (Å²) in [6.07, 6.45) is 0. The molecule has 1 N–H and O–H groups in total. The first-order valence-electron chi connectivity index (χ1n) is 5.15. The summed E-state index contributed by atoms with van der Waals surface area (Å²) in [6.45, 7) is 2.40. The number of hydrogen-bond acceptors (Lipinski definition) is 3. The van der Waals surface area contributed by atoms with E-state index in [2.05, 4.69) is 5.32 Å². The van der Waals surface area contributed by atoms with Gasteiger partial charge in [0.1, 0.15) is 0 Å². The molecule has 0 spiro atoms. The predicted octanol–water partition coefficient (Wildman–Crippen LogP) is 0.980. The maximum atomic E-state index is 11.9. The largest absolute Gasteiger partial charge is 0.319 e. The molecule has 0 aliphatic carbocycles. The topological polar surface area (TPSA) is 49.4 Å². The number of nitrogens with one attached hydrogen (secondary N) is 1. The lowest BCUT2D eigenvalue weighted by atomic mass is 10.2. The van der Waals surface area contributed by atoms with Crippen LogP contribution in [0.5, 0.6) is 0 Å². The summed E-state index contributed by atoms with van der Waals surface area (Å²) < 4.78 is 25.1. The highest BCUT2D eigenvalue weighted by Crippen LogP contribution is 2.17. The zero-order valence-electron chi connectivity index (χ0n) is 9.90. The Morgan fingerprint density at radius 1 is 1.38 bits per heavy atom. The molecule has 0 aromatic heterocycles. The van der Waals surface area contributed by atoms with Gasteiger partial charge in [-0.1, -0.05) is 12.1 Å². The van der Waals surface area contributed by atoms with Crippen molar-refractivity contribution in [2.24, 2.45) is 0 Å². The first-order valence-corrected chi connectivity index (χ1v) is 6.76. The number of rotatable bonds is 5. The summed E-state index contributed by atoms with van der Waals surface area (Å²) in [5.74, 6) is 0.105. The first kappa shape index (κ1) is 13.0. The molecule has 0 aliphatic rings. The lowest BCUT2D eigenvalue weighted by Crippen LogP contribution is -2.32. The zero-order valence-corrected chi connectivity index (χ0v) is 10.7. The minimum Gasteiger partial charge on any atom is -0.319 e. The maximum absolute atomic E-state index is 11.9. The van der Waals surface area contributed by atoms with Gasteiger partial charge in [0.15, 0.2) is 0 Å². The molecule has 0 unspecified atom stereocenters. The Morgan fingerprint density at radius 2 is 2.06 bits per heavy atom. The van der Waals surface area contributed by atoms with E-state index in [0.29, 0.717) is 12.2 Å². The van der Waals surface area contributed by atoms with Crippen molar-refractivity contribution in [3.8, 4) is 0 Å². The molecule has 0 aliphatic heterocycles. The fraction of sp³-hybridized carbons (Fsp3) is 0.455. The van der Waals surface area contributed by atoms with Crippen LogP contribution in [-0.4, -0.2) is 34.8 Å². The Bertz CT molecular complexity index is 443. The van der Waals surface area contributed by atoms with Crippen molar-refractivity contribution < 1.29 is 8.42 Å². The molecule has 0 amide bonds. The monoisotopic (exact) mass is 242 g/mol. The van der Waals surface area contributed by atoms with Gasteiger partial charge < -0.3 is 5.32 Å². The van der Waals surface area contributed by atoms with Crippen molar-refractivity contribution in [2.75, 3.05) is 30.7 Å². The van der Waals surface area contributed by atoms with Crippen LogP contribution in [-0.2, 0) is 10.0 Å². The third-order valence-corrected chi connectivity index (χ3v) is 4.16. The number of benzene rings is 1. The second-order valence-electron chi connectivity index (χ2n) is 3.73. The summed E-state index contributed by atoms with van der Waals surface area (Å²) >= 11 is 0. The molecule has 1 rings (SSSR count). The normalized spacial score (nSPS) is 11.4. The second-order valence-corrected chi connectivity index (χ2v) is 5.85. The van der Waals surface area contributed by atoms with Gasteiger partial charge in [0.05, 0.1) is 11.4 Å². The van der Waals surface area contributed by atoms with E-state index >= 15 is 0 Å². The molecule has 0 fully saturated rings. The minimum absolute atomic E-state index is 0.105. The van der Waals surface area contributed by atoms with Crippen molar-refractivity contribution in [1.82, 2.24) is 5.32 Å². The predicted molar refractivity (Wildman–Crippen MR) is 67.3 cm³/mol. The van der Waals surface area contributed by atoms with E-state index in [4.69, 9.17) is 0 Å². The molecular weight excluding hydrogens is 224 g/mol. The maximum Gasteiger partial charge on any atom is 0.236 e. The molecule has 0 heterocycles. The SMILES string of the molecule is CNCCS(=O)(=O)N(C)c1cccc(C)c1. The van der Waals surface area contributed by atoms with Crippen LogP contribution in [0.1, 0.15) is 5.56 Å². The molecule has 0 saturated carbocycles. The van der Waals surface area contributed by atoms with Crippen LogP contribution in [0.3, 0.4) is 0 Å². The Kier molecular flexibility index (Phi) is 4.32. The van der Waals surface area contributed by atoms with E-state index in [1.54, 1.807) is 20.2 Å². The van der Waals surface area contributed by atoms with Gasteiger partial charge >= 0.3 is 0 Å². The van der Waals surface area contributed by atoms with Gasteiger partial charge in [0.25, 0.3) is 0 Å². The number of aryl methyl sites for hydroxylation is 1. The van der Waals surface area contributed by atoms with Crippen LogP contribution < -0.4 is 9.62 Å². The van der Waals surface area contributed by atoms with Gasteiger partial charge in [-0.15, -0.1) is 0 Å². The third-order valence-electron chi connectivity index (χ3n) is 2.39. The average Bonchev–Trinajstić information content (AvgIpc) is 2.25. The van der Waals surface area contributed by atoms with E-state index in [9.17, 15) is 8.42 Å². The van der Waals surface area contributed by atoms with Crippen LogP contribution in [0.4, 0.5) is 5.69 Å². The molecule has 1 aromatic carbocycles. The summed E-state index contributed by atoms with van der Waals surface area (Å²) in [5, 5.41) is 2.84. The van der Waals surface area contributed by atoms with Gasteiger partial charge in [-0.2, -0.15) is 0 Å². The minimum atomic E-state index is -3.22. The van der Waals surface area contributed by atoms with E-state index in [0.717, 1.165) is 5.56 Å². The van der Waals surface area contributed by atoms with Crippen LogP contribution >= 0.6 is 0 Å². The van der Waals surface area contributed by atoms with Crippen molar-refractivity contribution in [3.05, 3.63) is 29.8 Å². The summed E-state index contributed by atoms with van der Waals surface area (Å²) in [5.41, 5.74) is 1.75. The van der Waals surface area contributed by atoms with E-state index in [1.165, 1.54) is 4.31 Å². The van der Waals surface area contributed by atoms with Crippen molar-refractivity contribution in [1.29, 1.82) is 0 Å². The first-order chi connectivity index (χ1) is 7.47.